The standard InChI is InChI=1S/C19H26N4O2/c1-12(17-21-14-8-6-7-9-15(14)22(17)5)20-18(25)13-10-16(24)23(11-13)19(2,3)4/h6-9,12-13H,10-11H2,1-5H3,(H,20,25)/t12-,13+/m0/s1. The van der Waals surface area contributed by atoms with Gasteiger partial charge in [0.1, 0.15) is 5.82 Å². The minimum absolute atomic E-state index is 0.0445. The van der Waals surface area contributed by atoms with Crippen LogP contribution in [0.3, 0.4) is 0 Å². The third-order valence-corrected chi connectivity index (χ3v) is 4.87. The maximum Gasteiger partial charge on any atom is 0.226 e. The van der Waals surface area contributed by atoms with Gasteiger partial charge in [0.25, 0.3) is 0 Å². The average Bonchev–Trinajstić information content (AvgIpc) is 3.08. The molecule has 3 rings (SSSR count). The molecule has 2 amide bonds. The lowest BCUT2D eigenvalue weighted by Gasteiger charge is -2.32. The lowest BCUT2D eigenvalue weighted by Crippen LogP contribution is -2.43. The molecule has 134 valence electrons. The van der Waals surface area contributed by atoms with Gasteiger partial charge >= 0.3 is 0 Å². The maximum absolute atomic E-state index is 12.6. The number of likely N-dealkylation sites (tertiary alicyclic amines) is 1. The molecule has 2 heterocycles. The molecule has 0 saturated carbocycles. The lowest BCUT2D eigenvalue weighted by atomic mass is 10.1. The van der Waals surface area contributed by atoms with Crippen LogP contribution >= 0.6 is 0 Å². The number of fused-ring (bicyclic) bond motifs is 1. The molecule has 0 unspecified atom stereocenters. The molecule has 0 radical (unpaired) electrons. The largest absolute Gasteiger partial charge is 0.346 e. The topological polar surface area (TPSA) is 67.2 Å². The van der Waals surface area contributed by atoms with E-state index in [2.05, 4.69) is 10.3 Å². The number of hydrogen-bond donors (Lipinski definition) is 1. The first-order valence-electron chi connectivity index (χ1n) is 8.70. The summed E-state index contributed by atoms with van der Waals surface area (Å²) in [6, 6.07) is 7.68. The molecule has 1 aromatic carbocycles. The molecule has 0 spiro atoms. The van der Waals surface area contributed by atoms with E-state index in [1.165, 1.54) is 0 Å². The fraction of sp³-hybridized carbons (Fsp3) is 0.526. The van der Waals surface area contributed by atoms with Crippen LogP contribution in [-0.4, -0.2) is 38.3 Å². The average molecular weight is 342 g/mol. The number of aromatic nitrogens is 2. The smallest absolute Gasteiger partial charge is 0.226 e. The Labute approximate surface area is 148 Å². The summed E-state index contributed by atoms with van der Waals surface area (Å²) in [6.45, 7) is 8.38. The number of carbonyl (C=O) groups is 2. The van der Waals surface area contributed by atoms with Crippen molar-refractivity contribution in [3.63, 3.8) is 0 Å². The van der Waals surface area contributed by atoms with Crippen LogP contribution < -0.4 is 5.32 Å². The van der Waals surface area contributed by atoms with Crippen molar-refractivity contribution in [2.75, 3.05) is 6.54 Å². The van der Waals surface area contributed by atoms with Crippen molar-refractivity contribution >= 4 is 22.8 Å². The Bertz CT molecular complexity index is 818. The molecular weight excluding hydrogens is 316 g/mol. The Morgan fingerprint density at radius 2 is 2.00 bits per heavy atom. The quantitative estimate of drug-likeness (QED) is 0.931. The van der Waals surface area contributed by atoms with Crippen molar-refractivity contribution < 1.29 is 9.59 Å². The van der Waals surface area contributed by atoms with Crippen molar-refractivity contribution in [3.05, 3.63) is 30.1 Å². The fourth-order valence-corrected chi connectivity index (χ4v) is 3.48. The highest BCUT2D eigenvalue weighted by atomic mass is 16.2. The third kappa shape index (κ3) is 3.25. The summed E-state index contributed by atoms with van der Waals surface area (Å²) < 4.78 is 2.00. The Kier molecular flexibility index (Phi) is 4.31. The van der Waals surface area contributed by atoms with E-state index in [-0.39, 0.29) is 35.7 Å². The molecular formula is C19H26N4O2. The van der Waals surface area contributed by atoms with Crippen LogP contribution in [0.2, 0.25) is 0 Å². The van der Waals surface area contributed by atoms with E-state index in [0.29, 0.717) is 6.54 Å². The highest BCUT2D eigenvalue weighted by Crippen LogP contribution is 2.27. The Morgan fingerprint density at radius 1 is 1.32 bits per heavy atom. The summed E-state index contributed by atoms with van der Waals surface area (Å²) in [5.74, 6) is 0.470. The van der Waals surface area contributed by atoms with Gasteiger partial charge in [-0.15, -0.1) is 0 Å². The van der Waals surface area contributed by atoms with Crippen molar-refractivity contribution in [2.24, 2.45) is 13.0 Å². The van der Waals surface area contributed by atoms with Crippen LogP contribution in [0.4, 0.5) is 0 Å². The SMILES string of the molecule is C[C@H](NC(=O)[C@@H]1CC(=O)N(C(C)(C)C)C1)c1nc2ccccc2n1C. The zero-order valence-electron chi connectivity index (χ0n) is 15.5. The highest BCUT2D eigenvalue weighted by Gasteiger charge is 2.39. The number of amides is 2. The third-order valence-electron chi connectivity index (χ3n) is 4.87. The van der Waals surface area contributed by atoms with Crippen LogP contribution in [0.1, 0.15) is 46.0 Å². The normalized spacial score (nSPS) is 19.5. The first-order valence-corrected chi connectivity index (χ1v) is 8.70. The van der Waals surface area contributed by atoms with Gasteiger partial charge < -0.3 is 14.8 Å². The number of hydrogen-bond acceptors (Lipinski definition) is 3. The van der Waals surface area contributed by atoms with Gasteiger partial charge in [-0.05, 0) is 39.8 Å². The summed E-state index contributed by atoms with van der Waals surface area (Å²) in [5, 5.41) is 3.03. The first-order chi connectivity index (χ1) is 11.7. The van der Waals surface area contributed by atoms with Crippen molar-refractivity contribution in [1.29, 1.82) is 0 Å². The van der Waals surface area contributed by atoms with Gasteiger partial charge in [-0.3, -0.25) is 9.59 Å². The van der Waals surface area contributed by atoms with Crippen molar-refractivity contribution in [1.82, 2.24) is 19.8 Å². The molecule has 1 aliphatic rings. The molecule has 1 N–H and O–H groups in total. The van der Waals surface area contributed by atoms with Crippen LogP contribution in [0, 0.1) is 5.92 Å². The lowest BCUT2D eigenvalue weighted by molar-refractivity contribution is -0.132. The number of carbonyl (C=O) groups excluding carboxylic acids is 2. The summed E-state index contributed by atoms with van der Waals surface area (Å²) in [7, 11) is 1.95. The molecule has 6 nitrogen and oxygen atoms in total. The molecule has 0 bridgehead atoms. The zero-order chi connectivity index (χ0) is 18.4. The molecule has 25 heavy (non-hydrogen) atoms. The van der Waals surface area contributed by atoms with Gasteiger partial charge in [-0.1, -0.05) is 12.1 Å². The number of nitrogens with one attached hydrogen (secondary N) is 1. The summed E-state index contributed by atoms with van der Waals surface area (Å²) in [4.78, 5) is 31.3. The molecule has 1 saturated heterocycles. The van der Waals surface area contributed by atoms with Crippen LogP contribution in [-0.2, 0) is 16.6 Å². The first kappa shape index (κ1) is 17.5. The molecule has 0 aliphatic carbocycles. The number of benzene rings is 1. The Morgan fingerprint density at radius 3 is 2.60 bits per heavy atom. The van der Waals surface area contributed by atoms with Crippen LogP contribution in [0.15, 0.2) is 24.3 Å². The second kappa shape index (κ2) is 6.17. The van der Waals surface area contributed by atoms with Crippen molar-refractivity contribution in [3.8, 4) is 0 Å². The number of para-hydroxylation sites is 2. The Balaban J connectivity index is 1.72. The molecule has 2 atom stereocenters. The van der Waals surface area contributed by atoms with E-state index in [9.17, 15) is 9.59 Å². The van der Waals surface area contributed by atoms with Crippen LogP contribution in [0.25, 0.3) is 11.0 Å². The second-order valence-corrected chi connectivity index (χ2v) is 7.82. The van der Waals surface area contributed by atoms with Gasteiger partial charge in [0.15, 0.2) is 0 Å². The van der Waals surface area contributed by atoms with Gasteiger partial charge in [0, 0.05) is 25.6 Å². The molecule has 2 aromatic rings. The van der Waals surface area contributed by atoms with Gasteiger partial charge in [0.2, 0.25) is 11.8 Å². The number of rotatable bonds is 3. The number of nitrogens with zero attached hydrogens (tertiary/aromatic N) is 3. The fourth-order valence-electron chi connectivity index (χ4n) is 3.48. The predicted molar refractivity (Wildman–Crippen MR) is 96.8 cm³/mol. The van der Waals surface area contributed by atoms with E-state index < -0.39 is 0 Å². The number of imidazole rings is 1. The second-order valence-electron chi connectivity index (χ2n) is 7.82. The molecule has 1 aromatic heterocycles. The molecule has 6 heteroatoms. The summed E-state index contributed by atoms with van der Waals surface area (Å²) in [5.41, 5.74) is 1.69. The van der Waals surface area contributed by atoms with E-state index in [1.807, 2.05) is 63.6 Å². The predicted octanol–water partition coefficient (Wildman–Crippen LogP) is 2.40. The zero-order valence-corrected chi connectivity index (χ0v) is 15.5. The van der Waals surface area contributed by atoms with Crippen LogP contribution in [0.5, 0.6) is 0 Å². The maximum atomic E-state index is 12.6. The van der Waals surface area contributed by atoms with E-state index in [1.54, 1.807) is 4.90 Å². The monoisotopic (exact) mass is 342 g/mol. The highest BCUT2D eigenvalue weighted by molar-refractivity contribution is 5.89. The minimum Gasteiger partial charge on any atom is -0.346 e. The van der Waals surface area contributed by atoms with Gasteiger partial charge in [-0.25, -0.2) is 4.98 Å². The minimum atomic E-state index is -0.302. The molecule has 1 aliphatic heterocycles. The van der Waals surface area contributed by atoms with E-state index in [0.717, 1.165) is 16.9 Å². The van der Waals surface area contributed by atoms with Crippen molar-refractivity contribution in [2.45, 2.75) is 45.7 Å². The number of aryl methyl sites for hydroxylation is 1. The summed E-state index contributed by atoms with van der Waals surface area (Å²) in [6.07, 6.45) is 0.276. The molecule has 1 fully saturated rings. The van der Waals surface area contributed by atoms with E-state index in [4.69, 9.17) is 0 Å². The van der Waals surface area contributed by atoms with Gasteiger partial charge in [0.05, 0.1) is 23.0 Å². The Hall–Kier alpha value is -2.37. The van der Waals surface area contributed by atoms with E-state index >= 15 is 0 Å². The van der Waals surface area contributed by atoms with Gasteiger partial charge in [-0.2, -0.15) is 0 Å². The summed E-state index contributed by atoms with van der Waals surface area (Å²) >= 11 is 0.